The molecule has 2 aliphatic rings. The normalized spacial score (nSPS) is 22.0. The van der Waals surface area contributed by atoms with Crippen molar-refractivity contribution >= 4 is 35.3 Å². The van der Waals surface area contributed by atoms with Gasteiger partial charge < -0.3 is 26.2 Å². The van der Waals surface area contributed by atoms with E-state index < -0.39 is 35.8 Å². The second-order valence-corrected chi connectivity index (χ2v) is 9.85. The second-order valence-electron chi connectivity index (χ2n) is 9.85. The summed E-state index contributed by atoms with van der Waals surface area (Å²) in [6.07, 6.45) is 3.30. The van der Waals surface area contributed by atoms with Gasteiger partial charge in [-0.25, -0.2) is 0 Å². The molecule has 2 rings (SSSR count). The zero-order chi connectivity index (χ0) is 27.7. The Morgan fingerprint density at radius 3 is 2.08 bits per heavy atom. The van der Waals surface area contributed by atoms with Gasteiger partial charge >= 0.3 is 0 Å². The lowest BCUT2D eigenvalue weighted by atomic mass is 9.97. The van der Waals surface area contributed by atoms with Crippen LogP contribution in [0.2, 0.25) is 0 Å². The highest BCUT2D eigenvalue weighted by Gasteiger charge is 2.39. The lowest BCUT2D eigenvalue weighted by molar-refractivity contribution is -0.142. The van der Waals surface area contributed by atoms with Crippen LogP contribution in [0.3, 0.4) is 0 Å². The average Bonchev–Trinajstić information content (AvgIpc) is 3.52. The van der Waals surface area contributed by atoms with Gasteiger partial charge in [0, 0.05) is 6.54 Å². The number of hydrogen-bond acceptors (Lipinski definition) is 7. The Labute approximate surface area is 218 Å². The van der Waals surface area contributed by atoms with Gasteiger partial charge in [-0.3, -0.25) is 33.7 Å². The number of amides is 5. The average molecular weight is 521 g/mol. The van der Waals surface area contributed by atoms with Gasteiger partial charge in [0.1, 0.15) is 31.2 Å². The second kappa shape index (κ2) is 14.1. The Hall–Kier alpha value is -3.02. The molecule has 37 heavy (non-hydrogen) atoms. The number of likely N-dealkylation sites (N-methyl/N-ethyl adjacent to an activating group) is 1. The largest absolute Gasteiger partial charge is 0.343 e. The quantitative estimate of drug-likeness (QED) is 0.264. The van der Waals surface area contributed by atoms with E-state index >= 15 is 0 Å². The fourth-order valence-electron chi connectivity index (χ4n) is 4.51. The molecule has 4 N–H and O–H groups in total. The molecule has 5 atom stereocenters. The van der Waals surface area contributed by atoms with E-state index in [0.717, 1.165) is 32.5 Å². The first-order chi connectivity index (χ1) is 17.5. The summed E-state index contributed by atoms with van der Waals surface area (Å²) in [6.45, 7) is 9.74. The van der Waals surface area contributed by atoms with Crippen molar-refractivity contribution in [3.63, 3.8) is 0 Å². The number of likely N-dealkylation sites (tertiary alicyclic amines) is 2. The van der Waals surface area contributed by atoms with Crippen LogP contribution in [-0.2, 0) is 28.8 Å². The van der Waals surface area contributed by atoms with Gasteiger partial charge in [-0.1, -0.05) is 20.3 Å². The summed E-state index contributed by atoms with van der Waals surface area (Å²) in [6, 6.07) is -2.90. The van der Waals surface area contributed by atoms with Crippen LogP contribution in [0.15, 0.2) is 0 Å². The van der Waals surface area contributed by atoms with Gasteiger partial charge in [-0.05, 0) is 59.0 Å². The smallest absolute Gasteiger partial charge is 0.246 e. The van der Waals surface area contributed by atoms with Gasteiger partial charge in [-0.2, -0.15) is 0 Å². The summed E-state index contributed by atoms with van der Waals surface area (Å²) in [4.78, 5) is 77.9. The topological polar surface area (TPSA) is 157 Å². The fraction of sp³-hybridized carbons (Fsp3) is 0.680. The summed E-state index contributed by atoms with van der Waals surface area (Å²) in [5.74, 6) is -2.86. The van der Waals surface area contributed by atoms with E-state index in [1.807, 2.05) is 25.8 Å². The minimum atomic E-state index is -0.975. The van der Waals surface area contributed by atoms with Crippen molar-refractivity contribution in [2.45, 2.75) is 84.0 Å². The Bertz CT molecular complexity index is 880. The van der Waals surface area contributed by atoms with Crippen molar-refractivity contribution in [3.8, 4) is 0 Å². The number of carbonyl (C=O) groups excluding carboxylic acids is 6. The van der Waals surface area contributed by atoms with Crippen LogP contribution < -0.4 is 21.3 Å². The Kier molecular flexibility index (Phi) is 11.5. The maximum absolute atomic E-state index is 13.4. The van der Waals surface area contributed by atoms with Crippen molar-refractivity contribution in [3.05, 3.63) is 13.1 Å². The number of ketones is 1. The maximum atomic E-state index is 13.4. The number of nitrogens with zero attached hydrogens (tertiary/aromatic N) is 2. The lowest BCUT2D eigenvalue weighted by Gasteiger charge is -2.32. The number of carbonyl (C=O) groups is 6. The molecule has 0 bridgehead atoms. The molecule has 2 aliphatic heterocycles. The third kappa shape index (κ3) is 8.51. The molecular formula is C25H40N6O6. The molecule has 2 heterocycles. The fourth-order valence-corrected chi connectivity index (χ4v) is 4.51. The number of rotatable bonds is 12. The first-order valence-electron chi connectivity index (χ1n) is 12.9. The molecule has 2 fully saturated rings. The Balaban J connectivity index is 1.94. The van der Waals surface area contributed by atoms with Crippen molar-refractivity contribution in [2.75, 3.05) is 20.1 Å². The van der Waals surface area contributed by atoms with E-state index in [4.69, 9.17) is 0 Å². The minimum absolute atomic E-state index is 0.235. The van der Waals surface area contributed by atoms with Gasteiger partial charge in [0.15, 0.2) is 5.78 Å². The molecule has 12 nitrogen and oxygen atoms in total. The predicted molar refractivity (Wildman–Crippen MR) is 135 cm³/mol. The van der Waals surface area contributed by atoms with Gasteiger partial charge in [0.2, 0.25) is 29.5 Å². The van der Waals surface area contributed by atoms with Crippen LogP contribution in [0.25, 0.3) is 0 Å². The highest BCUT2D eigenvalue weighted by Crippen LogP contribution is 2.21. The first kappa shape index (κ1) is 30.2. The molecule has 2 saturated heterocycles. The molecule has 206 valence electrons. The SMILES string of the molecule is CCC(C)C(NC(=O)C(C)NC(=O)[CH]NC(=O)C1CCCN1C)C(=O)N1CCCC1C(=O)N[CH]C(C)=O. The summed E-state index contributed by atoms with van der Waals surface area (Å²) in [7, 11) is 1.85. The molecule has 12 heteroatoms. The molecule has 0 aromatic rings. The van der Waals surface area contributed by atoms with Crippen LogP contribution in [0.4, 0.5) is 0 Å². The number of hydrogen-bond donors (Lipinski definition) is 4. The highest BCUT2D eigenvalue weighted by molar-refractivity contribution is 5.97. The maximum Gasteiger partial charge on any atom is 0.246 e. The van der Waals surface area contributed by atoms with Crippen LogP contribution in [0.5, 0.6) is 0 Å². The van der Waals surface area contributed by atoms with Crippen LogP contribution in [0.1, 0.15) is 59.8 Å². The molecule has 0 aromatic heterocycles. The molecular weight excluding hydrogens is 480 g/mol. The molecule has 2 radical (unpaired) electrons. The monoisotopic (exact) mass is 520 g/mol. The van der Waals surface area contributed by atoms with Gasteiger partial charge in [0.25, 0.3) is 0 Å². The third-order valence-corrected chi connectivity index (χ3v) is 6.95. The van der Waals surface area contributed by atoms with E-state index in [0.29, 0.717) is 25.8 Å². The third-order valence-electron chi connectivity index (χ3n) is 6.95. The zero-order valence-electron chi connectivity index (χ0n) is 22.3. The highest BCUT2D eigenvalue weighted by atomic mass is 16.2. The molecule has 0 aliphatic carbocycles. The Morgan fingerprint density at radius 1 is 0.892 bits per heavy atom. The van der Waals surface area contributed by atoms with Crippen molar-refractivity contribution in [1.29, 1.82) is 0 Å². The van der Waals surface area contributed by atoms with Crippen LogP contribution in [0, 0.1) is 19.0 Å². The summed E-state index contributed by atoms with van der Waals surface area (Å²) in [5.41, 5.74) is 0. The molecule has 5 amide bonds. The lowest BCUT2D eigenvalue weighted by Crippen LogP contribution is -2.58. The molecule has 0 saturated carbocycles. The summed E-state index contributed by atoms with van der Waals surface area (Å²) in [5, 5.41) is 10.1. The van der Waals surface area contributed by atoms with Gasteiger partial charge in [-0.15, -0.1) is 0 Å². The van der Waals surface area contributed by atoms with Gasteiger partial charge in [0.05, 0.1) is 6.04 Å². The molecule has 5 unspecified atom stereocenters. The molecule has 0 aromatic carbocycles. The van der Waals surface area contributed by atoms with Crippen molar-refractivity contribution in [2.24, 2.45) is 5.92 Å². The minimum Gasteiger partial charge on any atom is -0.343 e. The van der Waals surface area contributed by atoms with E-state index in [2.05, 4.69) is 21.3 Å². The number of Topliss-reactive ketones (excluding diaryl/α,β-unsaturated/α-hetero) is 1. The van der Waals surface area contributed by atoms with E-state index in [9.17, 15) is 28.8 Å². The number of nitrogens with one attached hydrogen (secondary N) is 4. The standard InChI is InChI=1S/C25H40N6O6/c1-6-15(2)21(25(37)31-12-8-10-19(31)24(36)26-13-16(3)32)29-22(34)17(4)28-20(33)14-27-23(35)18-9-7-11-30(18)5/h13-15,17-19,21H,6-12H2,1-5H3,(H,26,36)(H,27,35)(H,28,33)(H,29,34). The van der Waals surface area contributed by atoms with E-state index in [1.54, 1.807) is 0 Å². The van der Waals surface area contributed by atoms with Crippen molar-refractivity contribution in [1.82, 2.24) is 31.1 Å². The zero-order valence-corrected chi connectivity index (χ0v) is 22.3. The van der Waals surface area contributed by atoms with E-state index in [1.165, 1.54) is 18.7 Å². The van der Waals surface area contributed by atoms with Crippen molar-refractivity contribution < 1.29 is 28.8 Å². The predicted octanol–water partition coefficient (Wildman–Crippen LogP) is -0.748. The van der Waals surface area contributed by atoms with E-state index in [-0.39, 0.29) is 29.6 Å². The molecule has 0 spiro atoms. The Morgan fingerprint density at radius 2 is 1.49 bits per heavy atom. The van der Waals surface area contributed by atoms with Crippen LogP contribution in [-0.4, -0.2) is 89.4 Å². The summed E-state index contributed by atoms with van der Waals surface area (Å²) >= 11 is 0. The summed E-state index contributed by atoms with van der Waals surface area (Å²) < 4.78 is 0. The van der Waals surface area contributed by atoms with Crippen LogP contribution >= 0.6 is 0 Å². The first-order valence-corrected chi connectivity index (χ1v) is 12.9.